The summed E-state index contributed by atoms with van der Waals surface area (Å²) in [6.07, 6.45) is 3.38. The van der Waals surface area contributed by atoms with Crippen molar-refractivity contribution in [1.82, 2.24) is 15.1 Å². The highest BCUT2D eigenvalue weighted by atomic mass is 32.1. The Morgan fingerprint density at radius 2 is 2.03 bits per heavy atom. The molecule has 2 saturated heterocycles. The van der Waals surface area contributed by atoms with Gasteiger partial charge in [0.1, 0.15) is 18.1 Å². The number of rotatable bonds is 7. The number of methoxy groups -OCH3 is 2. The van der Waals surface area contributed by atoms with Crippen molar-refractivity contribution < 1.29 is 19.0 Å². The third kappa shape index (κ3) is 5.04. The number of ether oxygens (including phenoxy) is 3. The van der Waals surface area contributed by atoms with E-state index in [1.807, 2.05) is 23.1 Å². The largest absolute Gasteiger partial charge is 0.497 e. The molecule has 2 heterocycles. The van der Waals surface area contributed by atoms with E-state index in [1.165, 1.54) is 0 Å². The van der Waals surface area contributed by atoms with Crippen molar-refractivity contribution in [2.24, 2.45) is 0 Å². The van der Waals surface area contributed by atoms with Crippen LogP contribution in [0.4, 0.5) is 4.79 Å². The summed E-state index contributed by atoms with van der Waals surface area (Å²) in [5.74, 6) is 1.67. The molecule has 1 amide bonds. The summed E-state index contributed by atoms with van der Waals surface area (Å²) < 4.78 is 16.0. The molecule has 1 atom stereocenters. The Labute approximate surface area is 178 Å². The third-order valence-electron chi connectivity index (χ3n) is 5.78. The van der Waals surface area contributed by atoms with E-state index < -0.39 is 0 Å². The summed E-state index contributed by atoms with van der Waals surface area (Å²) in [5.41, 5.74) is 1.08. The first-order valence-electron chi connectivity index (χ1n) is 10.3. The maximum Gasteiger partial charge on any atom is 0.410 e. The van der Waals surface area contributed by atoms with Crippen molar-refractivity contribution in [2.45, 2.75) is 44.7 Å². The highest BCUT2D eigenvalue weighted by molar-refractivity contribution is 7.80. The topological polar surface area (TPSA) is 63.3 Å². The maximum absolute atomic E-state index is 12.1. The lowest BCUT2D eigenvalue weighted by molar-refractivity contribution is 0.122. The summed E-state index contributed by atoms with van der Waals surface area (Å²) in [7, 11) is 3.33. The van der Waals surface area contributed by atoms with Gasteiger partial charge in [-0.05, 0) is 61.7 Å². The van der Waals surface area contributed by atoms with Crippen molar-refractivity contribution in [3.05, 3.63) is 23.8 Å². The highest BCUT2D eigenvalue weighted by Crippen LogP contribution is 2.26. The Balaban J connectivity index is 1.46. The number of nitrogens with one attached hydrogen (secondary N) is 1. The minimum atomic E-state index is -0.164. The molecule has 1 unspecified atom stereocenters. The lowest BCUT2D eigenvalue weighted by Gasteiger charge is -2.38. The molecule has 2 aliphatic rings. The van der Waals surface area contributed by atoms with Crippen LogP contribution in [0, 0.1) is 0 Å². The number of nitrogens with zero attached hydrogens (tertiary/aromatic N) is 2. The quantitative estimate of drug-likeness (QED) is 0.679. The monoisotopic (exact) mass is 421 g/mol. The average Bonchev–Trinajstić information content (AvgIpc) is 3.14. The van der Waals surface area contributed by atoms with E-state index in [0.29, 0.717) is 6.61 Å². The standard InChI is InChI=1S/C21H31N3O4S/c1-4-16-14-28-21(25)24(16)17-8-11-23(12-9-17)20(29)22-10-7-15-13-18(26-2)5-6-19(15)27-3/h5-6,13,16-17H,4,7-12,14H2,1-3H3,(H,22,29). The van der Waals surface area contributed by atoms with E-state index in [0.717, 1.165) is 67.5 Å². The van der Waals surface area contributed by atoms with Gasteiger partial charge in [0.15, 0.2) is 5.11 Å². The molecule has 1 aromatic carbocycles. The van der Waals surface area contributed by atoms with Crippen LogP contribution in [0.15, 0.2) is 18.2 Å². The van der Waals surface area contributed by atoms with E-state index in [2.05, 4.69) is 17.1 Å². The molecule has 0 aromatic heterocycles. The molecule has 0 radical (unpaired) electrons. The van der Waals surface area contributed by atoms with Gasteiger partial charge in [0, 0.05) is 25.7 Å². The van der Waals surface area contributed by atoms with Crippen molar-refractivity contribution >= 4 is 23.4 Å². The number of carbonyl (C=O) groups excluding carboxylic acids is 1. The average molecular weight is 422 g/mol. The number of benzene rings is 1. The molecule has 2 fully saturated rings. The number of carbonyl (C=O) groups is 1. The van der Waals surface area contributed by atoms with Gasteiger partial charge in [-0.3, -0.25) is 4.90 Å². The van der Waals surface area contributed by atoms with Gasteiger partial charge in [-0.1, -0.05) is 6.92 Å². The molecule has 0 bridgehead atoms. The predicted octanol–water partition coefficient (Wildman–Crippen LogP) is 2.82. The molecule has 160 valence electrons. The molecule has 2 aliphatic heterocycles. The second-order valence-electron chi connectivity index (χ2n) is 7.42. The molecule has 1 aromatic rings. The van der Waals surface area contributed by atoms with E-state index >= 15 is 0 Å². The van der Waals surface area contributed by atoms with Crippen LogP contribution in [0.3, 0.4) is 0 Å². The van der Waals surface area contributed by atoms with Crippen LogP contribution in [-0.4, -0.2) is 73.5 Å². The van der Waals surface area contributed by atoms with Crippen molar-refractivity contribution in [3.63, 3.8) is 0 Å². The number of cyclic esters (lactones) is 1. The normalized spacial score (nSPS) is 19.8. The molecule has 8 heteroatoms. The van der Waals surface area contributed by atoms with Crippen molar-refractivity contribution in [2.75, 3.05) is 40.5 Å². The van der Waals surface area contributed by atoms with E-state index in [1.54, 1.807) is 14.2 Å². The lowest BCUT2D eigenvalue weighted by atomic mass is 10.0. The molecular weight excluding hydrogens is 390 g/mol. The van der Waals surface area contributed by atoms with Gasteiger partial charge in [0.2, 0.25) is 0 Å². The minimum absolute atomic E-state index is 0.164. The number of thiocarbonyl (C=S) groups is 1. The van der Waals surface area contributed by atoms with Crippen LogP contribution >= 0.6 is 12.2 Å². The molecular formula is C21H31N3O4S. The molecule has 0 saturated carbocycles. The summed E-state index contributed by atoms with van der Waals surface area (Å²) in [6.45, 7) is 5.03. The first-order valence-corrected chi connectivity index (χ1v) is 10.7. The highest BCUT2D eigenvalue weighted by Gasteiger charge is 2.38. The van der Waals surface area contributed by atoms with Crippen LogP contribution in [0.2, 0.25) is 0 Å². The Hall–Kier alpha value is -2.22. The number of hydrogen-bond donors (Lipinski definition) is 1. The zero-order chi connectivity index (χ0) is 20.8. The van der Waals surface area contributed by atoms with E-state index in [-0.39, 0.29) is 18.2 Å². The number of amides is 1. The van der Waals surface area contributed by atoms with Gasteiger partial charge in [-0.25, -0.2) is 4.79 Å². The molecule has 3 rings (SSSR count). The molecule has 7 nitrogen and oxygen atoms in total. The summed E-state index contributed by atoms with van der Waals surface area (Å²) in [5, 5.41) is 4.12. The zero-order valence-corrected chi connectivity index (χ0v) is 18.3. The van der Waals surface area contributed by atoms with Gasteiger partial charge < -0.3 is 24.4 Å². The molecule has 29 heavy (non-hydrogen) atoms. The SMILES string of the molecule is CCC1COC(=O)N1C1CCN(C(=S)NCCc2cc(OC)ccc2OC)CC1. The Morgan fingerprint density at radius 3 is 2.69 bits per heavy atom. The van der Waals surface area contributed by atoms with Gasteiger partial charge in [0.25, 0.3) is 0 Å². The summed E-state index contributed by atoms with van der Waals surface area (Å²) in [6, 6.07) is 6.26. The van der Waals surface area contributed by atoms with E-state index in [4.69, 9.17) is 26.4 Å². The smallest absolute Gasteiger partial charge is 0.410 e. The molecule has 0 aliphatic carbocycles. The molecule has 1 N–H and O–H groups in total. The number of likely N-dealkylation sites (tertiary alicyclic amines) is 1. The fourth-order valence-electron chi connectivity index (χ4n) is 4.07. The van der Waals surface area contributed by atoms with Gasteiger partial charge >= 0.3 is 6.09 Å². The van der Waals surface area contributed by atoms with Gasteiger partial charge in [0.05, 0.1) is 20.3 Å². The second-order valence-corrected chi connectivity index (χ2v) is 7.81. The minimum Gasteiger partial charge on any atom is -0.497 e. The van der Waals surface area contributed by atoms with Gasteiger partial charge in [-0.2, -0.15) is 0 Å². The van der Waals surface area contributed by atoms with Crippen molar-refractivity contribution in [1.29, 1.82) is 0 Å². The van der Waals surface area contributed by atoms with Crippen LogP contribution in [0.25, 0.3) is 0 Å². The predicted molar refractivity (Wildman–Crippen MR) is 116 cm³/mol. The van der Waals surface area contributed by atoms with E-state index in [9.17, 15) is 4.79 Å². The number of piperidine rings is 1. The Morgan fingerprint density at radius 1 is 1.28 bits per heavy atom. The lowest BCUT2D eigenvalue weighted by Crippen LogP contribution is -2.51. The Kier molecular flexibility index (Phi) is 7.41. The number of hydrogen-bond acceptors (Lipinski definition) is 5. The fourth-order valence-corrected chi connectivity index (χ4v) is 4.36. The molecule has 0 spiro atoms. The summed E-state index contributed by atoms with van der Waals surface area (Å²) in [4.78, 5) is 16.2. The van der Waals surface area contributed by atoms with Crippen molar-refractivity contribution in [3.8, 4) is 11.5 Å². The Bertz CT molecular complexity index is 722. The first kappa shape index (κ1) is 21.5. The maximum atomic E-state index is 12.1. The second kappa shape index (κ2) is 10.0. The van der Waals surface area contributed by atoms with Crippen LogP contribution in [0.5, 0.6) is 11.5 Å². The fraction of sp³-hybridized carbons (Fsp3) is 0.619. The van der Waals surface area contributed by atoms with Gasteiger partial charge in [-0.15, -0.1) is 0 Å². The first-order chi connectivity index (χ1) is 14.1. The van der Waals surface area contributed by atoms with Crippen LogP contribution in [0.1, 0.15) is 31.7 Å². The zero-order valence-electron chi connectivity index (χ0n) is 17.5. The third-order valence-corrected chi connectivity index (χ3v) is 6.18. The summed E-state index contributed by atoms with van der Waals surface area (Å²) >= 11 is 5.60. The van der Waals surface area contributed by atoms with Crippen LogP contribution < -0.4 is 14.8 Å². The van der Waals surface area contributed by atoms with Crippen LogP contribution in [-0.2, 0) is 11.2 Å².